The second-order valence-electron chi connectivity index (χ2n) is 10.0. The maximum atomic E-state index is 14.2. The van der Waals surface area contributed by atoms with Gasteiger partial charge in [-0.15, -0.1) is 0 Å². The van der Waals surface area contributed by atoms with Crippen molar-refractivity contribution in [2.45, 2.75) is 51.6 Å². The molecule has 10 heteroatoms. The van der Waals surface area contributed by atoms with Gasteiger partial charge in [-0.25, -0.2) is 19.2 Å². The van der Waals surface area contributed by atoms with Crippen LogP contribution < -0.4 is 4.74 Å². The Kier molecular flexibility index (Phi) is 6.97. The Morgan fingerprint density at radius 3 is 2.79 bits per heavy atom. The van der Waals surface area contributed by atoms with Crippen molar-refractivity contribution in [1.29, 1.82) is 0 Å². The van der Waals surface area contributed by atoms with Gasteiger partial charge in [-0.05, 0) is 55.7 Å². The van der Waals surface area contributed by atoms with E-state index in [0.717, 1.165) is 54.1 Å². The lowest BCUT2D eigenvalue weighted by atomic mass is 9.99. The first-order valence-corrected chi connectivity index (χ1v) is 13.4. The van der Waals surface area contributed by atoms with Crippen LogP contribution in [0.1, 0.15) is 52.4 Å². The minimum atomic E-state index is -0.963. The molecule has 8 nitrogen and oxygen atoms in total. The molecule has 1 N–H and O–H groups in total. The largest absolute Gasteiger partial charge is 0.478 e. The molecule has 2 atom stereocenters. The van der Waals surface area contributed by atoms with Crippen molar-refractivity contribution in [2.75, 3.05) is 13.2 Å². The molecule has 202 valence electrons. The molecular formula is C29H28ClFN4O4. The highest BCUT2D eigenvalue weighted by Gasteiger charge is 2.29. The third kappa shape index (κ3) is 5.22. The van der Waals surface area contributed by atoms with Gasteiger partial charge in [0.2, 0.25) is 5.88 Å². The summed E-state index contributed by atoms with van der Waals surface area (Å²) >= 11 is 5.85. The number of nitrogens with zero attached hydrogens (tertiary/aromatic N) is 4. The monoisotopic (exact) mass is 550 g/mol. The molecule has 0 bridgehead atoms. The van der Waals surface area contributed by atoms with Crippen LogP contribution in [0.5, 0.6) is 5.88 Å². The molecule has 4 heterocycles. The molecule has 0 unspecified atom stereocenters. The lowest BCUT2D eigenvalue weighted by Crippen LogP contribution is -2.36. The van der Waals surface area contributed by atoms with E-state index in [-0.39, 0.29) is 24.3 Å². The number of carboxylic acid groups (broad SMARTS) is 1. The van der Waals surface area contributed by atoms with E-state index in [1.165, 1.54) is 6.07 Å². The predicted octanol–water partition coefficient (Wildman–Crippen LogP) is 5.41. The highest BCUT2D eigenvalue weighted by Crippen LogP contribution is 2.32. The van der Waals surface area contributed by atoms with Gasteiger partial charge in [0.05, 0.1) is 47.5 Å². The Morgan fingerprint density at radius 1 is 1.21 bits per heavy atom. The third-order valence-corrected chi connectivity index (χ3v) is 7.82. The fraction of sp³-hybridized carbons (Fsp3) is 0.345. The molecule has 0 saturated carbocycles. The average Bonchev–Trinajstić information content (AvgIpc) is 3.23. The molecule has 0 radical (unpaired) electrons. The second-order valence-corrected chi connectivity index (χ2v) is 10.5. The van der Waals surface area contributed by atoms with Crippen LogP contribution in [0, 0.1) is 5.82 Å². The van der Waals surface area contributed by atoms with Gasteiger partial charge in [-0.3, -0.25) is 4.90 Å². The van der Waals surface area contributed by atoms with Gasteiger partial charge in [-0.1, -0.05) is 23.7 Å². The first-order valence-electron chi connectivity index (χ1n) is 13.0. The Labute approximate surface area is 229 Å². The molecule has 2 aliphatic heterocycles. The highest BCUT2D eigenvalue weighted by atomic mass is 35.5. The molecule has 39 heavy (non-hydrogen) atoms. The van der Waals surface area contributed by atoms with Gasteiger partial charge < -0.3 is 19.1 Å². The van der Waals surface area contributed by atoms with E-state index in [1.807, 2.05) is 12.1 Å². The zero-order valence-corrected chi connectivity index (χ0v) is 22.2. The molecular weight excluding hydrogens is 523 g/mol. The molecule has 0 aliphatic carbocycles. The van der Waals surface area contributed by atoms with Gasteiger partial charge in [0.25, 0.3) is 0 Å². The van der Waals surface area contributed by atoms with E-state index < -0.39 is 11.8 Å². The number of halogens is 2. The first-order chi connectivity index (χ1) is 18.9. The zero-order chi connectivity index (χ0) is 27.1. The zero-order valence-electron chi connectivity index (χ0n) is 21.4. The van der Waals surface area contributed by atoms with Gasteiger partial charge in [0.15, 0.2) is 0 Å². The maximum Gasteiger partial charge on any atom is 0.335 e. The number of benzene rings is 2. The molecule has 0 spiro atoms. The number of ether oxygens (including phenoxy) is 2. The van der Waals surface area contributed by atoms with E-state index in [4.69, 9.17) is 31.0 Å². The van der Waals surface area contributed by atoms with E-state index >= 15 is 0 Å². The number of aromatic carboxylic acids is 1. The lowest BCUT2D eigenvalue weighted by molar-refractivity contribution is -0.0592. The number of carbonyl (C=O) groups is 1. The maximum absolute atomic E-state index is 14.2. The first kappa shape index (κ1) is 25.7. The minimum Gasteiger partial charge on any atom is -0.478 e. The van der Waals surface area contributed by atoms with Gasteiger partial charge >= 0.3 is 5.97 Å². The summed E-state index contributed by atoms with van der Waals surface area (Å²) in [4.78, 5) is 23.6. The van der Waals surface area contributed by atoms with E-state index in [9.17, 15) is 14.3 Å². The summed E-state index contributed by atoms with van der Waals surface area (Å²) < 4.78 is 27.8. The third-order valence-electron chi connectivity index (χ3n) is 7.59. The van der Waals surface area contributed by atoms with Gasteiger partial charge in [-0.2, -0.15) is 0 Å². The van der Waals surface area contributed by atoms with Crippen molar-refractivity contribution in [1.82, 2.24) is 19.4 Å². The van der Waals surface area contributed by atoms with Crippen LogP contribution in [0.15, 0.2) is 48.5 Å². The Balaban J connectivity index is 1.24. The second kappa shape index (κ2) is 10.6. The Hall–Kier alpha value is -3.53. The number of carboxylic acids is 1. The van der Waals surface area contributed by atoms with E-state index in [1.54, 1.807) is 30.3 Å². The summed E-state index contributed by atoms with van der Waals surface area (Å²) in [6.45, 7) is 4.94. The summed E-state index contributed by atoms with van der Waals surface area (Å²) in [6, 6.07) is 13.4. The quantitative estimate of drug-likeness (QED) is 0.314. The van der Waals surface area contributed by atoms with Crippen molar-refractivity contribution in [3.63, 3.8) is 0 Å². The highest BCUT2D eigenvalue weighted by molar-refractivity contribution is 6.30. The fourth-order valence-corrected chi connectivity index (χ4v) is 5.38. The lowest BCUT2D eigenvalue weighted by Gasteiger charge is -2.34. The molecule has 4 aromatic rings. The average molecular weight is 551 g/mol. The molecule has 0 amide bonds. The molecule has 2 aromatic carbocycles. The number of imidazole rings is 1. The van der Waals surface area contributed by atoms with Crippen LogP contribution in [0.25, 0.3) is 11.0 Å². The normalized spacial score (nSPS) is 19.1. The van der Waals surface area contributed by atoms with Crippen LogP contribution in [-0.2, 0) is 30.9 Å². The predicted molar refractivity (Wildman–Crippen MR) is 144 cm³/mol. The topological polar surface area (TPSA) is 89.7 Å². The van der Waals surface area contributed by atoms with Crippen LogP contribution in [0.2, 0.25) is 5.02 Å². The van der Waals surface area contributed by atoms with Crippen LogP contribution in [0.3, 0.4) is 0 Å². The van der Waals surface area contributed by atoms with Crippen molar-refractivity contribution in [3.05, 3.63) is 87.6 Å². The molecule has 6 rings (SSSR count). The number of aromatic nitrogens is 3. The molecule has 1 fully saturated rings. The van der Waals surface area contributed by atoms with Crippen LogP contribution in [-0.4, -0.2) is 49.8 Å². The molecule has 2 aliphatic rings. The van der Waals surface area contributed by atoms with E-state index in [2.05, 4.69) is 16.4 Å². The summed E-state index contributed by atoms with van der Waals surface area (Å²) in [7, 11) is 0. The van der Waals surface area contributed by atoms with Crippen molar-refractivity contribution < 1.29 is 23.8 Å². The van der Waals surface area contributed by atoms with Crippen molar-refractivity contribution >= 4 is 28.6 Å². The fourth-order valence-electron chi connectivity index (χ4n) is 5.22. The standard InChI is InChI=1S/C29H28ClFN4O4/c1-17-28-18(4-7-27(33-28)39-16-20-2-5-21(30)13-23(20)31)8-10-34(17)15-26-32-24-6-3-19(29(36)37)12-25(24)35(26)14-22-9-11-38-22/h2-7,12-13,17,22H,8-11,14-16H2,1H3,(H,36,37)/t17-,22-/m0/s1. The van der Waals surface area contributed by atoms with E-state index in [0.29, 0.717) is 29.6 Å². The van der Waals surface area contributed by atoms with Crippen molar-refractivity contribution in [2.24, 2.45) is 0 Å². The van der Waals surface area contributed by atoms with Gasteiger partial charge in [0, 0.05) is 29.8 Å². The van der Waals surface area contributed by atoms with Gasteiger partial charge in [0.1, 0.15) is 18.2 Å². The van der Waals surface area contributed by atoms with Crippen LogP contribution >= 0.6 is 11.6 Å². The number of hydrogen-bond donors (Lipinski definition) is 1. The van der Waals surface area contributed by atoms with Crippen molar-refractivity contribution in [3.8, 4) is 5.88 Å². The Morgan fingerprint density at radius 2 is 2.05 bits per heavy atom. The summed E-state index contributed by atoms with van der Waals surface area (Å²) in [5.41, 5.74) is 4.30. The summed E-state index contributed by atoms with van der Waals surface area (Å²) in [5, 5.41) is 9.86. The Bertz CT molecular complexity index is 1550. The van der Waals surface area contributed by atoms with Crippen LogP contribution in [0.4, 0.5) is 4.39 Å². The smallest absolute Gasteiger partial charge is 0.335 e. The minimum absolute atomic E-state index is 0.00707. The number of fused-ring (bicyclic) bond motifs is 2. The molecule has 1 saturated heterocycles. The number of rotatable bonds is 8. The SMILES string of the molecule is C[C@H]1c2nc(OCc3ccc(Cl)cc3F)ccc2CCN1Cc1nc2ccc(C(=O)O)cc2n1C[C@@H]1CCO1. The summed E-state index contributed by atoms with van der Waals surface area (Å²) in [5.74, 6) is -0.0720. The summed E-state index contributed by atoms with van der Waals surface area (Å²) in [6.07, 6.45) is 1.90. The number of pyridine rings is 1. The number of hydrogen-bond acceptors (Lipinski definition) is 6. The molecule has 2 aromatic heterocycles.